The Morgan fingerprint density at radius 2 is 2.08 bits per heavy atom. The molecule has 13 heavy (non-hydrogen) atoms. The summed E-state index contributed by atoms with van der Waals surface area (Å²) in [6.45, 7) is 0. The van der Waals surface area contributed by atoms with Crippen molar-refractivity contribution in [2.24, 2.45) is 11.7 Å². The largest absolute Gasteiger partial charge is 0.481 e. The Balaban J connectivity index is 2.56. The van der Waals surface area contributed by atoms with Crippen molar-refractivity contribution in [1.82, 2.24) is 5.32 Å². The Labute approximate surface area is 76.8 Å². The lowest BCUT2D eigenvalue weighted by Gasteiger charge is -2.29. The van der Waals surface area contributed by atoms with Gasteiger partial charge in [-0.2, -0.15) is 0 Å². The van der Waals surface area contributed by atoms with Crippen LogP contribution in [0, 0.1) is 11.3 Å². The summed E-state index contributed by atoms with van der Waals surface area (Å²) in [6, 6.07) is -0.163. The van der Waals surface area contributed by atoms with E-state index in [-0.39, 0.29) is 12.0 Å². The molecule has 0 radical (unpaired) electrons. The van der Waals surface area contributed by atoms with Crippen LogP contribution in [-0.4, -0.2) is 23.1 Å². The van der Waals surface area contributed by atoms with Crippen molar-refractivity contribution in [3.05, 3.63) is 0 Å². The number of carboxylic acids is 1. The van der Waals surface area contributed by atoms with Gasteiger partial charge in [0.1, 0.15) is 0 Å². The summed E-state index contributed by atoms with van der Waals surface area (Å²) < 4.78 is 0. The molecule has 1 saturated carbocycles. The topological polar surface area (TPSA) is 99.2 Å². The molecule has 0 aromatic heterocycles. The predicted molar refractivity (Wildman–Crippen MR) is 48.4 cm³/mol. The summed E-state index contributed by atoms with van der Waals surface area (Å²) in [6.07, 6.45) is 3.43. The third-order valence-corrected chi connectivity index (χ3v) is 2.42. The average molecular weight is 185 g/mol. The van der Waals surface area contributed by atoms with Gasteiger partial charge in [0.2, 0.25) is 0 Å². The van der Waals surface area contributed by atoms with Gasteiger partial charge < -0.3 is 16.2 Å². The van der Waals surface area contributed by atoms with E-state index in [1.807, 2.05) is 0 Å². The quantitative estimate of drug-likeness (QED) is 0.362. The maximum Gasteiger partial charge on any atom is 0.308 e. The molecule has 74 valence electrons. The summed E-state index contributed by atoms with van der Waals surface area (Å²) in [5, 5.41) is 18.6. The lowest BCUT2D eigenvalue weighted by atomic mass is 9.84. The van der Waals surface area contributed by atoms with Gasteiger partial charge in [0.05, 0.1) is 5.92 Å². The van der Waals surface area contributed by atoms with E-state index in [1.54, 1.807) is 0 Å². The van der Waals surface area contributed by atoms with Gasteiger partial charge in [-0.1, -0.05) is 12.8 Å². The third kappa shape index (κ3) is 2.61. The van der Waals surface area contributed by atoms with Crippen LogP contribution >= 0.6 is 0 Å². The predicted octanol–water partition coefficient (Wildman–Crippen LogP) is 0.113. The minimum absolute atomic E-state index is 0.141. The number of carbonyl (C=O) groups is 1. The SMILES string of the molecule is N=C(N)NC1CCCCC1C(=O)O. The van der Waals surface area contributed by atoms with Crippen LogP contribution in [0.25, 0.3) is 0 Å². The molecule has 0 aromatic rings. The standard InChI is InChI=1S/C8H15N3O2/c9-8(10)11-6-4-2-1-3-5(6)7(12)13/h5-6H,1-4H2,(H,12,13)(H4,9,10,11). The molecule has 5 nitrogen and oxygen atoms in total. The Morgan fingerprint density at radius 3 is 2.62 bits per heavy atom. The van der Waals surface area contributed by atoms with Gasteiger partial charge in [-0.25, -0.2) is 0 Å². The third-order valence-electron chi connectivity index (χ3n) is 2.42. The van der Waals surface area contributed by atoms with Crippen LogP contribution in [0.4, 0.5) is 0 Å². The molecule has 1 aliphatic carbocycles. The zero-order valence-corrected chi connectivity index (χ0v) is 7.42. The molecular weight excluding hydrogens is 170 g/mol. The van der Waals surface area contributed by atoms with Gasteiger partial charge in [-0.3, -0.25) is 10.2 Å². The molecule has 0 amide bonds. The Hall–Kier alpha value is -1.26. The molecule has 1 rings (SSSR count). The fourth-order valence-electron chi connectivity index (χ4n) is 1.80. The fourth-order valence-corrected chi connectivity index (χ4v) is 1.80. The highest BCUT2D eigenvalue weighted by Crippen LogP contribution is 2.24. The van der Waals surface area contributed by atoms with E-state index < -0.39 is 11.9 Å². The van der Waals surface area contributed by atoms with E-state index in [1.165, 1.54) is 0 Å². The summed E-state index contributed by atoms with van der Waals surface area (Å²) in [4.78, 5) is 10.8. The zero-order valence-electron chi connectivity index (χ0n) is 7.42. The Morgan fingerprint density at radius 1 is 1.46 bits per heavy atom. The lowest BCUT2D eigenvalue weighted by molar-refractivity contribution is -0.143. The maximum absolute atomic E-state index is 10.8. The van der Waals surface area contributed by atoms with Crippen molar-refractivity contribution in [3.63, 3.8) is 0 Å². The van der Waals surface area contributed by atoms with Crippen LogP contribution in [-0.2, 0) is 4.79 Å². The van der Waals surface area contributed by atoms with Crippen LogP contribution in [0.2, 0.25) is 0 Å². The van der Waals surface area contributed by atoms with Crippen molar-refractivity contribution in [1.29, 1.82) is 5.41 Å². The number of hydrogen-bond acceptors (Lipinski definition) is 2. The van der Waals surface area contributed by atoms with E-state index in [9.17, 15) is 4.79 Å². The van der Waals surface area contributed by atoms with Gasteiger partial charge in [-0.15, -0.1) is 0 Å². The minimum Gasteiger partial charge on any atom is -0.481 e. The van der Waals surface area contributed by atoms with Crippen molar-refractivity contribution >= 4 is 11.9 Å². The highest BCUT2D eigenvalue weighted by molar-refractivity contribution is 5.77. The number of guanidine groups is 1. The number of nitrogens with two attached hydrogens (primary N) is 1. The van der Waals surface area contributed by atoms with E-state index in [0.717, 1.165) is 19.3 Å². The summed E-state index contributed by atoms with van der Waals surface area (Å²) in [5.74, 6) is -1.32. The number of nitrogens with one attached hydrogen (secondary N) is 2. The molecule has 2 atom stereocenters. The highest BCUT2D eigenvalue weighted by Gasteiger charge is 2.30. The molecular formula is C8H15N3O2. The van der Waals surface area contributed by atoms with Gasteiger partial charge in [-0.05, 0) is 12.8 Å². The molecule has 0 spiro atoms. The first-order valence-corrected chi connectivity index (χ1v) is 4.44. The molecule has 1 aliphatic rings. The summed E-state index contributed by atoms with van der Waals surface area (Å²) in [7, 11) is 0. The smallest absolute Gasteiger partial charge is 0.308 e. The Kier molecular flexibility index (Phi) is 3.11. The molecule has 1 fully saturated rings. The lowest BCUT2D eigenvalue weighted by Crippen LogP contribution is -2.47. The van der Waals surface area contributed by atoms with Crippen LogP contribution in [0.15, 0.2) is 0 Å². The van der Waals surface area contributed by atoms with Gasteiger partial charge in [0.25, 0.3) is 0 Å². The summed E-state index contributed by atoms with van der Waals surface area (Å²) in [5.41, 5.74) is 5.16. The molecule has 0 saturated heterocycles. The van der Waals surface area contributed by atoms with Crippen LogP contribution in [0.5, 0.6) is 0 Å². The maximum atomic E-state index is 10.8. The first kappa shape index (κ1) is 9.83. The van der Waals surface area contributed by atoms with Crippen LogP contribution < -0.4 is 11.1 Å². The fraction of sp³-hybridized carbons (Fsp3) is 0.750. The van der Waals surface area contributed by atoms with Gasteiger partial charge in [0, 0.05) is 6.04 Å². The van der Waals surface area contributed by atoms with Crippen molar-refractivity contribution < 1.29 is 9.90 Å². The van der Waals surface area contributed by atoms with Crippen LogP contribution in [0.3, 0.4) is 0 Å². The van der Waals surface area contributed by atoms with E-state index >= 15 is 0 Å². The normalized spacial score (nSPS) is 28.0. The second kappa shape index (κ2) is 4.11. The number of hydrogen-bond donors (Lipinski definition) is 4. The molecule has 0 bridgehead atoms. The molecule has 2 unspecified atom stereocenters. The zero-order chi connectivity index (χ0) is 9.84. The number of aliphatic carboxylic acids is 1. The first-order chi connectivity index (χ1) is 6.11. The van der Waals surface area contributed by atoms with E-state index in [0.29, 0.717) is 6.42 Å². The van der Waals surface area contributed by atoms with Gasteiger partial charge >= 0.3 is 5.97 Å². The number of carboxylic acid groups (broad SMARTS) is 1. The highest BCUT2D eigenvalue weighted by atomic mass is 16.4. The van der Waals surface area contributed by atoms with Crippen molar-refractivity contribution in [2.75, 3.05) is 0 Å². The van der Waals surface area contributed by atoms with Crippen molar-refractivity contribution in [3.8, 4) is 0 Å². The average Bonchev–Trinajstić information content (AvgIpc) is 2.03. The second-order valence-electron chi connectivity index (χ2n) is 3.39. The van der Waals surface area contributed by atoms with E-state index in [4.69, 9.17) is 16.2 Å². The molecule has 5 heteroatoms. The molecule has 5 N–H and O–H groups in total. The Bertz CT molecular complexity index is 217. The number of rotatable bonds is 2. The first-order valence-electron chi connectivity index (χ1n) is 4.44. The molecule has 0 aromatic carbocycles. The second-order valence-corrected chi connectivity index (χ2v) is 3.39. The van der Waals surface area contributed by atoms with E-state index in [2.05, 4.69) is 5.32 Å². The van der Waals surface area contributed by atoms with Crippen LogP contribution in [0.1, 0.15) is 25.7 Å². The monoisotopic (exact) mass is 185 g/mol. The summed E-state index contributed by atoms with van der Waals surface area (Å²) >= 11 is 0. The molecule has 0 aliphatic heterocycles. The molecule has 0 heterocycles. The van der Waals surface area contributed by atoms with Gasteiger partial charge in [0.15, 0.2) is 5.96 Å². The van der Waals surface area contributed by atoms with Crippen molar-refractivity contribution in [2.45, 2.75) is 31.7 Å². The minimum atomic E-state index is -0.793.